The van der Waals surface area contributed by atoms with Crippen LogP contribution in [0.3, 0.4) is 0 Å². The highest BCUT2D eigenvalue weighted by molar-refractivity contribution is 7.10. The van der Waals surface area contributed by atoms with E-state index in [1.54, 1.807) is 35.2 Å². The van der Waals surface area contributed by atoms with E-state index in [4.69, 9.17) is 5.73 Å². The molecule has 0 aliphatic carbocycles. The van der Waals surface area contributed by atoms with Crippen molar-refractivity contribution in [2.75, 3.05) is 10.2 Å². The molecule has 7 nitrogen and oxygen atoms in total. The number of amides is 3. The number of nitrogens with zero attached hydrogens (tertiary/aromatic N) is 1. The van der Waals surface area contributed by atoms with E-state index >= 15 is 0 Å². The van der Waals surface area contributed by atoms with Crippen LogP contribution in [0, 0.1) is 5.82 Å². The third kappa shape index (κ3) is 6.05. The molecule has 198 valence electrons. The molecule has 0 radical (unpaired) electrons. The molecule has 4 aromatic rings. The van der Waals surface area contributed by atoms with Crippen molar-refractivity contribution in [2.24, 2.45) is 5.73 Å². The summed E-state index contributed by atoms with van der Waals surface area (Å²) in [6.07, 6.45) is 0.128. The SMILES string of the molecule is NCc1cccc(CNC(=O)c2ccc3c(c2)NC(=O)CC(c2ccc(F)cc2)N3C(=O)Cc2cccs2)c1. The third-order valence-electron chi connectivity index (χ3n) is 6.59. The average Bonchev–Trinajstić information content (AvgIpc) is 3.40. The summed E-state index contributed by atoms with van der Waals surface area (Å²) in [6.45, 7) is 0.723. The Bertz CT molecular complexity index is 1510. The second-order valence-electron chi connectivity index (χ2n) is 9.28. The zero-order valence-electron chi connectivity index (χ0n) is 21.0. The summed E-state index contributed by atoms with van der Waals surface area (Å²) in [5.41, 5.74) is 9.42. The molecule has 9 heteroatoms. The number of nitrogens with one attached hydrogen (secondary N) is 2. The lowest BCUT2D eigenvalue weighted by atomic mass is 10.0. The van der Waals surface area contributed by atoms with Gasteiger partial charge in [-0.25, -0.2) is 4.39 Å². The summed E-state index contributed by atoms with van der Waals surface area (Å²) in [5.74, 6) is -1.24. The molecular weight excluding hydrogens is 515 g/mol. The summed E-state index contributed by atoms with van der Waals surface area (Å²) in [6, 6.07) is 21.5. The number of nitrogens with two attached hydrogens (primary N) is 1. The van der Waals surface area contributed by atoms with Crippen molar-refractivity contribution >= 4 is 40.4 Å². The van der Waals surface area contributed by atoms with Crippen LogP contribution < -0.4 is 21.3 Å². The van der Waals surface area contributed by atoms with Gasteiger partial charge in [-0.15, -0.1) is 11.3 Å². The molecule has 1 aromatic heterocycles. The number of benzene rings is 3. The number of hydrogen-bond donors (Lipinski definition) is 3. The van der Waals surface area contributed by atoms with Crippen molar-refractivity contribution in [3.8, 4) is 0 Å². The Balaban J connectivity index is 1.46. The van der Waals surface area contributed by atoms with E-state index in [2.05, 4.69) is 10.6 Å². The molecule has 0 fully saturated rings. The summed E-state index contributed by atoms with van der Waals surface area (Å²) >= 11 is 1.47. The molecule has 4 N–H and O–H groups in total. The molecule has 1 aliphatic heterocycles. The fourth-order valence-corrected chi connectivity index (χ4v) is 5.38. The molecule has 3 aromatic carbocycles. The number of rotatable bonds is 7. The molecule has 1 aliphatic rings. The number of hydrogen-bond acceptors (Lipinski definition) is 5. The predicted octanol–water partition coefficient (Wildman–Crippen LogP) is 4.94. The quantitative estimate of drug-likeness (QED) is 0.308. The van der Waals surface area contributed by atoms with E-state index in [1.807, 2.05) is 41.8 Å². The first-order valence-electron chi connectivity index (χ1n) is 12.5. The van der Waals surface area contributed by atoms with E-state index in [-0.39, 0.29) is 30.6 Å². The number of fused-ring (bicyclic) bond motifs is 1. The van der Waals surface area contributed by atoms with Gasteiger partial charge in [-0.3, -0.25) is 14.4 Å². The van der Waals surface area contributed by atoms with Crippen molar-refractivity contribution in [3.05, 3.63) is 117 Å². The number of carbonyl (C=O) groups excluding carboxylic acids is 3. The molecule has 0 saturated heterocycles. The van der Waals surface area contributed by atoms with E-state index in [0.29, 0.717) is 35.6 Å². The van der Waals surface area contributed by atoms with Gasteiger partial charge in [0.05, 0.1) is 30.3 Å². The zero-order chi connectivity index (χ0) is 27.4. The summed E-state index contributed by atoms with van der Waals surface area (Å²) < 4.78 is 13.7. The lowest BCUT2D eigenvalue weighted by molar-refractivity contribution is -0.119. The topological polar surface area (TPSA) is 105 Å². The normalized spacial score (nSPS) is 14.8. The number of thiophene rings is 1. The zero-order valence-corrected chi connectivity index (χ0v) is 21.8. The standard InChI is InChI=1S/C30H27FN4O3S/c31-23-9-6-21(7-10-23)27-16-28(36)34-25-14-22(30(38)33-18-20-4-1-3-19(13-20)17-32)8-11-26(25)35(27)29(37)15-24-5-2-12-39-24/h1-14,27H,15-18,32H2,(H,33,38)(H,34,36). The van der Waals surface area contributed by atoms with Crippen LogP contribution in [-0.4, -0.2) is 17.7 Å². The van der Waals surface area contributed by atoms with Crippen LogP contribution in [0.5, 0.6) is 0 Å². The Morgan fingerprint density at radius 1 is 1.03 bits per heavy atom. The molecule has 3 amide bonds. The van der Waals surface area contributed by atoms with Crippen LogP contribution in [0.2, 0.25) is 0 Å². The first-order valence-corrected chi connectivity index (χ1v) is 13.4. The second kappa shape index (κ2) is 11.6. The highest BCUT2D eigenvalue weighted by Gasteiger charge is 2.34. The number of anilines is 2. The van der Waals surface area contributed by atoms with Gasteiger partial charge in [0.25, 0.3) is 5.91 Å². The van der Waals surface area contributed by atoms with Crippen LogP contribution in [0.4, 0.5) is 15.8 Å². The smallest absolute Gasteiger partial charge is 0.251 e. The van der Waals surface area contributed by atoms with Crippen molar-refractivity contribution < 1.29 is 18.8 Å². The third-order valence-corrected chi connectivity index (χ3v) is 7.47. The van der Waals surface area contributed by atoms with Gasteiger partial charge in [0, 0.05) is 23.5 Å². The first-order chi connectivity index (χ1) is 18.9. The van der Waals surface area contributed by atoms with Crippen LogP contribution in [0.25, 0.3) is 0 Å². The van der Waals surface area contributed by atoms with Gasteiger partial charge in [0.15, 0.2) is 0 Å². The maximum Gasteiger partial charge on any atom is 0.251 e. The highest BCUT2D eigenvalue weighted by Crippen LogP contribution is 2.39. The Labute approximate surface area is 229 Å². The lowest BCUT2D eigenvalue weighted by Crippen LogP contribution is -2.36. The van der Waals surface area contributed by atoms with Gasteiger partial charge in [0.2, 0.25) is 11.8 Å². The molecule has 0 spiro atoms. The average molecular weight is 543 g/mol. The van der Waals surface area contributed by atoms with Gasteiger partial charge >= 0.3 is 0 Å². The van der Waals surface area contributed by atoms with Crippen molar-refractivity contribution in [1.29, 1.82) is 0 Å². The van der Waals surface area contributed by atoms with Crippen molar-refractivity contribution in [1.82, 2.24) is 5.32 Å². The van der Waals surface area contributed by atoms with Gasteiger partial charge < -0.3 is 21.3 Å². The second-order valence-corrected chi connectivity index (χ2v) is 10.3. The van der Waals surface area contributed by atoms with Crippen LogP contribution in [-0.2, 0) is 29.1 Å². The van der Waals surface area contributed by atoms with E-state index in [0.717, 1.165) is 16.0 Å². The minimum atomic E-state index is -0.645. The lowest BCUT2D eigenvalue weighted by Gasteiger charge is -2.31. The predicted molar refractivity (Wildman–Crippen MR) is 150 cm³/mol. The fourth-order valence-electron chi connectivity index (χ4n) is 4.68. The van der Waals surface area contributed by atoms with Crippen molar-refractivity contribution in [3.63, 3.8) is 0 Å². The highest BCUT2D eigenvalue weighted by atomic mass is 32.1. The number of halogens is 1. The monoisotopic (exact) mass is 542 g/mol. The minimum Gasteiger partial charge on any atom is -0.348 e. The summed E-state index contributed by atoms with van der Waals surface area (Å²) in [4.78, 5) is 42.2. The van der Waals surface area contributed by atoms with Gasteiger partial charge in [-0.1, -0.05) is 42.5 Å². The molecule has 2 heterocycles. The Morgan fingerprint density at radius 2 is 1.82 bits per heavy atom. The van der Waals surface area contributed by atoms with Crippen LogP contribution in [0.1, 0.15) is 44.4 Å². The van der Waals surface area contributed by atoms with E-state index in [1.165, 1.54) is 23.5 Å². The molecular formula is C30H27FN4O3S. The van der Waals surface area contributed by atoms with Gasteiger partial charge in [0.1, 0.15) is 5.82 Å². The molecule has 1 unspecified atom stereocenters. The van der Waals surface area contributed by atoms with E-state index in [9.17, 15) is 18.8 Å². The Morgan fingerprint density at radius 3 is 2.56 bits per heavy atom. The molecule has 5 rings (SSSR count). The first kappa shape index (κ1) is 26.3. The Hall–Kier alpha value is -4.34. The van der Waals surface area contributed by atoms with Gasteiger partial charge in [-0.05, 0) is 58.5 Å². The molecule has 39 heavy (non-hydrogen) atoms. The fraction of sp³-hybridized carbons (Fsp3) is 0.167. The largest absolute Gasteiger partial charge is 0.348 e. The maximum absolute atomic E-state index is 13.7. The summed E-state index contributed by atoms with van der Waals surface area (Å²) in [5, 5.41) is 7.66. The van der Waals surface area contributed by atoms with Crippen molar-refractivity contribution in [2.45, 2.75) is 32.0 Å². The number of carbonyl (C=O) groups is 3. The molecule has 0 saturated carbocycles. The minimum absolute atomic E-state index is 0.0183. The van der Waals surface area contributed by atoms with E-state index < -0.39 is 11.9 Å². The van der Waals surface area contributed by atoms with Crippen LogP contribution >= 0.6 is 11.3 Å². The molecule has 0 bridgehead atoms. The molecule has 1 atom stereocenters. The maximum atomic E-state index is 13.7. The Kier molecular flexibility index (Phi) is 7.81. The van der Waals surface area contributed by atoms with Gasteiger partial charge in [-0.2, -0.15) is 0 Å². The summed E-state index contributed by atoms with van der Waals surface area (Å²) in [7, 11) is 0. The van der Waals surface area contributed by atoms with Crippen LogP contribution in [0.15, 0.2) is 84.2 Å².